The smallest absolute Gasteiger partial charge is 0.248 e. The van der Waals surface area contributed by atoms with Gasteiger partial charge in [0.05, 0.1) is 0 Å². The standard InChI is InChI=1S/C23H24N4O/c1-17-8-4-5-9-18(17)13-14-22(28)24-20-11-7-10-19(16-20)23-26-25-21-12-3-2-6-15-27(21)23/h4-5,7-11,13-14,16H,2-3,6,12,15H2,1H3,(H,24,28). The summed E-state index contributed by atoms with van der Waals surface area (Å²) in [7, 11) is 0. The summed E-state index contributed by atoms with van der Waals surface area (Å²) in [6.07, 6.45) is 7.93. The number of amides is 1. The number of aryl methyl sites for hydroxylation is 2. The molecule has 28 heavy (non-hydrogen) atoms. The van der Waals surface area contributed by atoms with Crippen LogP contribution in [0.5, 0.6) is 0 Å². The number of carbonyl (C=O) groups excluding carboxylic acids is 1. The van der Waals surface area contributed by atoms with Gasteiger partial charge in [-0.15, -0.1) is 10.2 Å². The Kier molecular flexibility index (Phi) is 5.33. The Bertz CT molecular complexity index is 1020. The molecule has 142 valence electrons. The highest BCUT2D eigenvalue weighted by molar-refractivity contribution is 6.02. The zero-order chi connectivity index (χ0) is 19.3. The van der Waals surface area contributed by atoms with E-state index in [-0.39, 0.29) is 5.91 Å². The number of aromatic nitrogens is 3. The molecule has 4 rings (SSSR count). The number of carbonyl (C=O) groups is 1. The van der Waals surface area contributed by atoms with Crippen LogP contribution in [0.2, 0.25) is 0 Å². The Labute approximate surface area is 165 Å². The van der Waals surface area contributed by atoms with Crippen LogP contribution in [-0.4, -0.2) is 20.7 Å². The van der Waals surface area contributed by atoms with Crippen molar-refractivity contribution in [3.05, 3.63) is 71.6 Å². The molecule has 1 aliphatic rings. The number of nitrogens with one attached hydrogen (secondary N) is 1. The van der Waals surface area contributed by atoms with E-state index < -0.39 is 0 Å². The van der Waals surface area contributed by atoms with Gasteiger partial charge >= 0.3 is 0 Å². The van der Waals surface area contributed by atoms with Crippen LogP contribution in [0.3, 0.4) is 0 Å². The summed E-state index contributed by atoms with van der Waals surface area (Å²) < 4.78 is 2.21. The van der Waals surface area contributed by atoms with Crippen molar-refractivity contribution in [1.82, 2.24) is 14.8 Å². The third-order valence-electron chi connectivity index (χ3n) is 5.10. The number of hydrogen-bond acceptors (Lipinski definition) is 3. The lowest BCUT2D eigenvalue weighted by Gasteiger charge is -2.09. The van der Waals surface area contributed by atoms with Crippen molar-refractivity contribution in [3.8, 4) is 11.4 Å². The molecule has 0 aliphatic carbocycles. The molecule has 3 aromatic rings. The molecule has 1 aliphatic heterocycles. The van der Waals surface area contributed by atoms with Gasteiger partial charge in [-0.1, -0.05) is 42.8 Å². The summed E-state index contributed by atoms with van der Waals surface area (Å²) in [6, 6.07) is 15.8. The van der Waals surface area contributed by atoms with E-state index in [4.69, 9.17) is 0 Å². The largest absolute Gasteiger partial charge is 0.322 e. The molecule has 1 amide bonds. The molecule has 0 spiro atoms. The predicted molar refractivity (Wildman–Crippen MR) is 112 cm³/mol. The van der Waals surface area contributed by atoms with Crippen LogP contribution in [0.25, 0.3) is 17.5 Å². The summed E-state index contributed by atoms with van der Waals surface area (Å²) in [5, 5.41) is 11.7. The lowest BCUT2D eigenvalue weighted by Crippen LogP contribution is -2.08. The monoisotopic (exact) mass is 372 g/mol. The fourth-order valence-electron chi connectivity index (χ4n) is 3.56. The van der Waals surface area contributed by atoms with Gasteiger partial charge in [0.15, 0.2) is 5.82 Å². The van der Waals surface area contributed by atoms with Crippen LogP contribution >= 0.6 is 0 Å². The number of rotatable bonds is 4. The fourth-order valence-corrected chi connectivity index (χ4v) is 3.56. The molecular formula is C23H24N4O. The number of fused-ring (bicyclic) bond motifs is 1. The summed E-state index contributed by atoms with van der Waals surface area (Å²) in [5.41, 5.74) is 3.91. The Morgan fingerprint density at radius 1 is 1.07 bits per heavy atom. The molecule has 1 N–H and O–H groups in total. The SMILES string of the molecule is Cc1ccccc1C=CC(=O)Nc1cccc(-c2nnc3n2CCCCC3)c1. The maximum atomic E-state index is 12.3. The van der Waals surface area contributed by atoms with E-state index in [1.807, 2.05) is 61.5 Å². The zero-order valence-electron chi connectivity index (χ0n) is 16.1. The summed E-state index contributed by atoms with van der Waals surface area (Å²) in [4.78, 5) is 12.3. The molecule has 0 saturated carbocycles. The number of benzene rings is 2. The minimum absolute atomic E-state index is 0.152. The maximum absolute atomic E-state index is 12.3. The normalized spacial score (nSPS) is 13.9. The molecule has 5 heteroatoms. The molecular weight excluding hydrogens is 348 g/mol. The van der Waals surface area contributed by atoms with Gasteiger partial charge in [-0.25, -0.2) is 0 Å². The lowest BCUT2D eigenvalue weighted by molar-refractivity contribution is -0.111. The zero-order valence-corrected chi connectivity index (χ0v) is 16.1. The highest BCUT2D eigenvalue weighted by atomic mass is 16.1. The van der Waals surface area contributed by atoms with E-state index in [0.29, 0.717) is 0 Å². The summed E-state index contributed by atoms with van der Waals surface area (Å²) in [6.45, 7) is 2.98. The van der Waals surface area contributed by atoms with E-state index in [0.717, 1.165) is 53.4 Å². The van der Waals surface area contributed by atoms with Crippen molar-refractivity contribution < 1.29 is 4.79 Å². The second-order valence-corrected chi connectivity index (χ2v) is 7.16. The summed E-state index contributed by atoms with van der Waals surface area (Å²) >= 11 is 0. The van der Waals surface area contributed by atoms with Gasteiger partial charge in [0.25, 0.3) is 0 Å². The molecule has 2 aromatic carbocycles. The first-order valence-electron chi connectivity index (χ1n) is 9.78. The highest BCUT2D eigenvalue weighted by Gasteiger charge is 2.16. The van der Waals surface area contributed by atoms with Crippen LogP contribution < -0.4 is 5.32 Å². The van der Waals surface area contributed by atoms with Crippen LogP contribution in [-0.2, 0) is 17.8 Å². The number of anilines is 1. The van der Waals surface area contributed by atoms with E-state index in [9.17, 15) is 4.79 Å². The predicted octanol–water partition coefficient (Wildman–Crippen LogP) is 4.63. The molecule has 5 nitrogen and oxygen atoms in total. The first-order chi connectivity index (χ1) is 13.7. The van der Waals surface area contributed by atoms with Gasteiger partial charge in [0, 0.05) is 30.3 Å². The van der Waals surface area contributed by atoms with Crippen LogP contribution in [0.1, 0.15) is 36.2 Å². The maximum Gasteiger partial charge on any atom is 0.248 e. The third-order valence-corrected chi connectivity index (χ3v) is 5.10. The minimum Gasteiger partial charge on any atom is -0.322 e. The van der Waals surface area contributed by atoms with Crippen molar-refractivity contribution in [2.45, 2.75) is 39.2 Å². The van der Waals surface area contributed by atoms with Crippen LogP contribution in [0.4, 0.5) is 5.69 Å². The molecule has 0 unspecified atom stereocenters. The van der Waals surface area contributed by atoms with Gasteiger partial charge in [0.2, 0.25) is 5.91 Å². The van der Waals surface area contributed by atoms with E-state index in [2.05, 4.69) is 20.1 Å². The van der Waals surface area contributed by atoms with E-state index in [1.54, 1.807) is 6.08 Å². The molecule has 1 aromatic heterocycles. The van der Waals surface area contributed by atoms with E-state index >= 15 is 0 Å². The Balaban J connectivity index is 1.51. The number of hydrogen-bond donors (Lipinski definition) is 1. The van der Waals surface area contributed by atoms with Crippen LogP contribution in [0, 0.1) is 6.92 Å². The lowest BCUT2D eigenvalue weighted by atomic mass is 10.1. The Morgan fingerprint density at radius 3 is 2.86 bits per heavy atom. The Morgan fingerprint density at radius 2 is 1.96 bits per heavy atom. The van der Waals surface area contributed by atoms with Gasteiger partial charge in [0.1, 0.15) is 5.82 Å². The van der Waals surface area contributed by atoms with Crippen molar-refractivity contribution in [2.24, 2.45) is 0 Å². The van der Waals surface area contributed by atoms with Crippen LogP contribution in [0.15, 0.2) is 54.6 Å². The molecule has 0 radical (unpaired) electrons. The average molecular weight is 372 g/mol. The minimum atomic E-state index is -0.152. The average Bonchev–Trinajstić information content (AvgIpc) is 2.96. The van der Waals surface area contributed by atoms with Crippen molar-refractivity contribution in [3.63, 3.8) is 0 Å². The molecule has 0 atom stereocenters. The number of nitrogens with zero attached hydrogens (tertiary/aromatic N) is 3. The van der Waals surface area contributed by atoms with Gasteiger partial charge in [-0.05, 0) is 49.1 Å². The molecule has 0 saturated heterocycles. The summed E-state index contributed by atoms with van der Waals surface area (Å²) in [5.74, 6) is 1.78. The highest BCUT2D eigenvalue weighted by Crippen LogP contribution is 2.25. The third kappa shape index (κ3) is 4.03. The first-order valence-corrected chi connectivity index (χ1v) is 9.78. The van der Waals surface area contributed by atoms with Gasteiger partial charge in [-0.2, -0.15) is 0 Å². The molecule has 0 fully saturated rings. The van der Waals surface area contributed by atoms with E-state index in [1.165, 1.54) is 12.8 Å². The first kappa shape index (κ1) is 18.2. The molecule has 0 bridgehead atoms. The van der Waals surface area contributed by atoms with Crippen molar-refractivity contribution >= 4 is 17.7 Å². The Hall–Kier alpha value is -3.21. The van der Waals surface area contributed by atoms with Crippen molar-refractivity contribution in [2.75, 3.05) is 5.32 Å². The topological polar surface area (TPSA) is 59.8 Å². The van der Waals surface area contributed by atoms with Gasteiger partial charge in [-0.3, -0.25) is 4.79 Å². The quantitative estimate of drug-likeness (QED) is 0.679. The second-order valence-electron chi connectivity index (χ2n) is 7.16. The second kappa shape index (κ2) is 8.21. The van der Waals surface area contributed by atoms with Crippen molar-refractivity contribution in [1.29, 1.82) is 0 Å². The molecule has 2 heterocycles. The van der Waals surface area contributed by atoms with Gasteiger partial charge < -0.3 is 9.88 Å². The fraction of sp³-hybridized carbons (Fsp3) is 0.261.